The maximum atomic E-state index is 13.2. The Hall–Kier alpha value is -3.75. The van der Waals surface area contributed by atoms with Gasteiger partial charge in [0.15, 0.2) is 0 Å². The molecule has 1 aromatic heterocycles. The molecule has 0 bridgehead atoms. The van der Waals surface area contributed by atoms with E-state index in [-0.39, 0.29) is 6.54 Å². The molecule has 2 heterocycles. The van der Waals surface area contributed by atoms with Gasteiger partial charge in [-0.15, -0.1) is 11.8 Å². The molecule has 0 saturated carbocycles. The highest BCUT2D eigenvalue weighted by molar-refractivity contribution is 8.18. The van der Waals surface area contributed by atoms with Crippen LogP contribution < -0.4 is 5.32 Å². The standard InChI is InChI=1S/C29H25N3O3S2/c1-19-24(23-13-6-7-14-25(23)31(19)17-20-9-4-3-5-10-20)16-26-28(34)32(29(35)37-26)18-27(33)30-21-11-8-12-22(15-21)36-2/h3-16H,17-18H2,1-2H3,(H,30,33)/b26-16-. The van der Waals surface area contributed by atoms with E-state index in [9.17, 15) is 14.4 Å². The van der Waals surface area contributed by atoms with E-state index in [1.165, 1.54) is 5.56 Å². The van der Waals surface area contributed by atoms with Gasteiger partial charge in [0.25, 0.3) is 11.1 Å². The van der Waals surface area contributed by atoms with Crippen molar-refractivity contribution in [3.8, 4) is 0 Å². The van der Waals surface area contributed by atoms with E-state index in [1.54, 1.807) is 23.9 Å². The number of para-hydroxylation sites is 1. The number of nitrogens with zero attached hydrogens (tertiary/aromatic N) is 2. The zero-order chi connectivity index (χ0) is 25.9. The van der Waals surface area contributed by atoms with Gasteiger partial charge in [-0.1, -0.05) is 54.6 Å². The smallest absolute Gasteiger partial charge is 0.294 e. The summed E-state index contributed by atoms with van der Waals surface area (Å²) in [6.45, 7) is 2.38. The van der Waals surface area contributed by atoms with Crippen LogP contribution >= 0.6 is 23.5 Å². The zero-order valence-electron chi connectivity index (χ0n) is 20.4. The normalized spacial score (nSPS) is 14.6. The highest BCUT2D eigenvalue weighted by Crippen LogP contribution is 2.36. The van der Waals surface area contributed by atoms with E-state index in [4.69, 9.17) is 0 Å². The molecule has 1 fully saturated rings. The van der Waals surface area contributed by atoms with Crippen molar-refractivity contribution in [2.24, 2.45) is 0 Å². The summed E-state index contributed by atoms with van der Waals surface area (Å²) in [4.78, 5) is 40.8. The van der Waals surface area contributed by atoms with Gasteiger partial charge in [-0.2, -0.15) is 0 Å². The minimum atomic E-state index is -0.456. The Morgan fingerprint density at radius 2 is 1.76 bits per heavy atom. The molecule has 0 spiro atoms. The molecular formula is C29H25N3O3S2. The molecule has 0 aliphatic carbocycles. The van der Waals surface area contributed by atoms with E-state index in [0.717, 1.165) is 43.7 Å². The van der Waals surface area contributed by atoms with Crippen molar-refractivity contribution < 1.29 is 14.4 Å². The number of nitrogens with one attached hydrogen (secondary N) is 1. The fourth-order valence-electron chi connectivity index (χ4n) is 4.42. The first-order chi connectivity index (χ1) is 17.9. The maximum Gasteiger partial charge on any atom is 0.294 e. The second-order valence-electron chi connectivity index (χ2n) is 8.64. The molecule has 1 saturated heterocycles. The molecule has 3 amide bonds. The third-order valence-corrected chi connectivity index (χ3v) is 7.90. The van der Waals surface area contributed by atoms with Crippen molar-refractivity contribution in [3.05, 3.63) is 101 Å². The summed E-state index contributed by atoms with van der Waals surface area (Å²) >= 11 is 2.43. The van der Waals surface area contributed by atoms with E-state index in [1.807, 2.05) is 67.8 Å². The minimum Gasteiger partial charge on any atom is -0.340 e. The molecule has 4 aromatic rings. The third-order valence-electron chi connectivity index (χ3n) is 6.27. The molecule has 8 heteroatoms. The lowest BCUT2D eigenvalue weighted by molar-refractivity contribution is -0.127. The van der Waals surface area contributed by atoms with Crippen LogP contribution in [0.3, 0.4) is 0 Å². The summed E-state index contributed by atoms with van der Waals surface area (Å²) in [5.41, 5.74) is 4.76. The number of imide groups is 1. The molecule has 0 atom stereocenters. The van der Waals surface area contributed by atoms with Crippen molar-refractivity contribution >= 4 is 63.2 Å². The lowest BCUT2D eigenvalue weighted by atomic mass is 10.1. The van der Waals surface area contributed by atoms with Gasteiger partial charge in [0, 0.05) is 39.3 Å². The molecular weight excluding hydrogens is 502 g/mol. The third kappa shape index (κ3) is 5.21. The second kappa shape index (κ2) is 10.7. The van der Waals surface area contributed by atoms with Crippen molar-refractivity contribution in [2.45, 2.75) is 18.4 Å². The fourth-order valence-corrected chi connectivity index (χ4v) is 5.70. The number of benzene rings is 3. The van der Waals surface area contributed by atoms with E-state index < -0.39 is 17.1 Å². The van der Waals surface area contributed by atoms with Gasteiger partial charge in [0.05, 0.1) is 4.91 Å². The molecule has 1 N–H and O–H groups in total. The molecule has 3 aromatic carbocycles. The van der Waals surface area contributed by atoms with Crippen LogP contribution in [0.15, 0.2) is 88.7 Å². The maximum absolute atomic E-state index is 13.2. The Labute approximate surface area is 223 Å². The van der Waals surface area contributed by atoms with Crippen molar-refractivity contribution in [2.75, 3.05) is 18.1 Å². The quantitative estimate of drug-likeness (QED) is 0.223. The van der Waals surface area contributed by atoms with Gasteiger partial charge in [-0.25, -0.2) is 0 Å². The molecule has 37 heavy (non-hydrogen) atoms. The van der Waals surface area contributed by atoms with Crippen molar-refractivity contribution in [3.63, 3.8) is 0 Å². The van der Waals surface area contributed by atoms with Gasteiger partial charge >= 0.3 is 0 Å². The average Bonchev–Trinajstić information content (AvgIpc) is 3.32. The number of carbonyl (C=O) groups is 3. The number of amides is 3. The van der Waals surface area contributed by atoms with Crippen molar-refractivity contribution in [1.82, 2.24) is 9.47 Å². The molecule has 0 radical (unpaired) electrons. The Bertz CT molecular complexity index is 1540. The minimum absolute atomic E-state index is 0.313. The highest BCUT2D eigenvalue weighted by atomic mass is 32.2. The number of hydrogen-bond donors (Lipinski definition) is 1. The van der Waals surface area contributed by atoms with Crippen LogP contribution in [0, 0.1) is 6.92 Å². The van der Waals surface area contributed by atoms with Crippen LogP contribution in [0.4, 0.5) is 10.5 Å². The summed E-state index contributed by atoms with van der Waals surface area (Å²) in [7, 11) is 0. The topological polar surface area (TPSA) is 71.4 Å². The molecule has 1 aliphatic rings. The number of aromatic nitrogens is 1. The van der Waals surface area contributed by atoms with Crippen molar-refractivity contribution in [1.29, 1.82) is 0 Å². The summed E-state index contributed by atoms with van der Waals surface area (Å²) in [6.07, 6.45) is 3.73. The Morgan fingerprint density at radius 1 is 1.00 bits per heavy atom. The molecule has 186 valence electrons. The van der Waals surface area contributed by atoms with E-state index in [2.05, 4.69) is 28.1 Å². The summed E-state index contributed by atoms with van der Waals surface area (Å²) in [6, 6.07) is 25.7. The lowest BCUT2D eigenvalue weighted by Crippen LogP contribution is -2.36. The Kier molecular flexibility index (Phi) is 7.21. The van der Waals surface area contributed by atoms with Gasteiger partial charge in [-0.05, 0) is 60.8 Å². The van der Waals surface area contributed by atoms with Crippen LogP contribution in [0.25, 0.3) is 17.0 Å². The number of hydrogen-bond acceptors (Lipinski definition) is 5. The van der Waals surface area contributed by atoms with Gasteiger partial charge in [0.1, 0.15) is 6.54 Å². The predicted octanol–water partition coefficient (Wildman–Crippen LogP) is 6.39. The second-order valence-corrected chi connectivity index (χ2v) is 10.5. The number of thioether (sulfide) groups is 2. The average molecular weight is 528 g/mol. The predicted molar refractivity (Wildman–Crippen MR) is 152 cm³/mol. The van der Waals surface area contributed by atoms with Gasteiger partial charge < -0.3 is 9.88 Å². The summed E-state index contributed by atoms with van der Waals surface area (Å²) in [5.74, 6) is -0.875. The first-order valence-electron chi connectivity index (χ1n) is 11.8. The number of rotatable bonds is 7. The first-order valence-corrected chi connectivity index (χ1v) is 13.8. The number of fused-ring (bicyclic) bond motifs is 1. The van der Waals surface area contributed by atoms with Crippen LogP contribution in [0.1, 0.15) is 16.8 Å². The monoisotopic (exact) mass is 527 g/mol. The fraction of sp³-hybridized carbons (Fsp3) is 0.138. The summed E-state index contributed by atoms with van der Waals surface area (Å²) < 4.78 is 2.22. The van der Waals surface area contributed by atoms with Gasteiger partial charge in [0.2, 0.25) is 5.91 Å². The van der Waals surface area contributed by atoms with Crippen LogP contribution in [-0.4, -0.2) is 39.3 Å². The highest BCUT2D eigenvalue weighted by Gasteiger charge is 2.36. The molecule has 1 aliphatic heterocycles. The zero-order valence-corrected chi connectivity index (χ0v) is 22.1. The van der Waals surface area contributed by atoms with E-state index in [0.29, 0.717) is 17.1 Å². The van der Waals surface area contributed by atoms with Gasteiger partial charge in [-0.3, -0.25) is 19.3 Å². The first kappa shape index (κ1) is 24.9. The van der Waals surface area contributed by atoms with E-state index >= 15 is 0 Å². The Morgan fingerprint density at radius 3 is 2.54 bits per heavy atom. The lowest BCUT2D eigenvalue weighted by Gasteiger charge is -2.12. The van der Waals surface area contributed by atoms with Crippen LogP contribution in [0.2, 0.25) is 0 Å². The van der Waals surface area contributed by atoms with Crippen LogP contribution in [0.5, 0.6) is 0 Å². The number of anilines is 1. The number of carbonyl (C=O) groups excluding carboxylic acids is 3. The summed E-state index contributed by atoms with van der Waals surface area (Å²) in [5, 5.41) is 3.34. The largest absolute Gasteiger partial charge is 0.340 e. The SMILES string of the molecule is CSc1cccc(NC(=O)CN2C(=O)S/C(=C\c3c(C)n(Cc4ccccc4)c4ccccc34)C2=O)c1. The van der Waals surface area contributed by atoms with Crippen LogP contribution in [-0.2, 0) is 16.1 Å². The molecule has 5 rings (SSSR count). The molecule has 6 nitrogen and oxygen atoms in total. The molecule has 0 unspecified atom stereocenters. The Balaban J connectivity index is 1.39.